The molecule has 1 N–H and O–H groups in total. The van der Waals surface area contributed by atoms with Gasteiger partial charge < -0.3 is 9.84 Å². The van der Waals surface area contributed by atoms with Crippen LogP contribution in [0.15, 0.2) is 0 Å². The molecule has 0 saturated carbocycles. The van der Waals surface area contributed by atoms with Gasteiger partial charge in [0.25, 0.3) is 0 Å². The lowest BCUT2D eigenvalue weighted by molar-refractivity contribution is -0.0202. The van der Waals surface area contributed by atoms with E-state index in [2.05, 4.69) is 4.85 Å². The maximum atomic E-state index is 11.7. The fourth-order valence-electron chi connectivity index (χ4n) is 1.59. The minimum absolute atomic E-state index is 0.0331. The summed E-state index contributed by atoms with van der Waals surface area (Å²) >= 11 is 0. The van der Waals surface area contributed by atoms with Crippen LogP contribution in [0.1, 0.15) is 33.6 Å². The molecule has 1 fully saturated rings. The summed E-state index contributed by atoms with van der Waals surface area (Å²) in [7, 11) is 0. The number of aliphatic hydroxyl groups is 1. The number of amides is 1. The molecule has 1 aliphatic rings. The van der Waals surface area contributed by atoms with Crippen LogP contribution in [-0.2, 0) is 4.74 Å². The molecule has 0 bridgehead atoms. The molecule has 1 amide bonds. The van der Waals surface area contributed by atoms with E-state index in [1.165, 1.54) is 4.90 Å². The summed E-state index contributed by atoms with van der Waals surface area (Å²) in [4.78, 5) is 16.3. The van der Waals surface area contributed by atoms with Gasteiger partial charge in [0.15, 0.2) is 0 Å². The summed E-state index contributed by atoms with van der Waals surface area (Å²) in [6, 6.07) is 0. The topological polar surface area (TPSA) is 54.1 Å². The molecule has 1 heterocycles. The summed E-state index contributed by atoms with van der Waals surface area (Å²) < 4.78 is 5.19. The van der Waals surface area contributed by atoms with Crippen molar-refractivity contribution < 1.29 is 14.6 Å². The van der Waals surface area contributed by atoms with Crippen molar-refractivity contribution in [2.24, 2.45) is 0 Å². The number of rotatable bonds is 0. The maximum Gasteiger partial charge on any atom is 0.410 e. The zero-order chi connectivity index (χ0) is 12.4. The van der Waals surface area contributed by atoms with Gasteiger partial charge in [-0.2, -0.15) is 0 Å². The van der Waals surface area contributed by atoms with Crippen molar-refractivity contribution in [2.75, 3.05) is 13.1 Å². The first-order valence-corrected chi connectivity index (χ1v) is 5.35. The third kappa shape index (κ3) is 3.38. The molecular formula is C11H18N2O3. The standard InChI is InChI=1S/C11H18N2O3/c1-10(2,3)16-9(14)13-7-5-6-11(15,8-13)12-4/h15H,5-8H2,1-3H3. The Morgan fingerprint density at radius 3 is 2.69 bits per heavy atom. The van der Waals surface area contributed by atoms with Crippen molar-refractivity contribution in [3.63, 3.8) is 0 Å². The Morgan fingerprint density at radius 2 is 2.19 bits per heavy atom. The number of β-amino-alcohol motifs (C(OH)–C–C–N with tert-alkyl or cyclic N) is 1. The van der Waals surface area contributed by atoms with E-state index in [0.29, 0.717) is 19.4 Å². The van der Waals surface area contributed by atoms with E-state index in [1.807, 2.05) is 0 Å². The highest BCUT2D eigenvalue weighted by Crippen LogP contribution is 2.23. The number of hydrogen-bond donors (Lipinski definition) is 1. The van der Waals surface area contributed by atoms with Crippen LogP contribution in [0.2, 0.25) is 0 Å². The number of ether oxygens (including phenoxy) is 1. The molecule has 90 valence electrons. The molecule has 0 aromatic rings. The molecule has 1 unspecified atom stereocenters. The van der Waals surface area contributed by atoms with Crippen molar-refractivity contribution in [3.05, 3.63) is 11.4 Å². The number of hydrogen-bond acceptors (Lipinski definition) is 3. The number of likely N-dealkylation sites (tertiary alicyclic amines) is 1. The third-order valence-corrected chi connectivity index (χ3v) is 2.31. The first-order valence-electron chi connectivity index (χ1n) is 5.35. The Hall–Kier alpha value is -1.28. The van der Waals surface area contributed by atoms with Crippen molar-refractivity contribution in [2.45, 2.75) is 44.9 Å². The van der Waals surface area contributed by atoms with Crippen LogP contribution in [0.3, 0.4) is 0 Å². The molecule has 0 aliphatic carbocycles. The Balaban J connectivity index is 2.62. The van der Waals surface area contributed by atoms with Gasteiger partial charge in [0.2, 0.25) is 0 Å². The minimum Gasteiger partial charge on any atom is -0.444 e. The lowest BCUT2D eigenvalue weighted by Gasteiger charge is -2.32. The molecule has 0 aromatic heterocycles. The summed E-state index contributed by atoms with van der Waals surface area (Å²) in [6.07, 6.45) is 0.572. The average Bonchev–Trinajstić information content (AvgIpc) is 2.15. The number of carbonyl (C=O) groups is 1. The van der Waals surface area contributed by atoms with E-state index in [4.69, 9.17) is 11.3 Å². The Kier molecular flexibility index (Phi) is 3.44. The van der Waals surface area contributed by atoms with Crippen molar-refractivity contribution in [1.29, 1.82) is 0 Å². The monoisotopic (exact) mass is 226 g/mol. The van der Waals surface area contributed by atoms with Crippen LogP contribution < -0.4 is 0 Å². The number of carbonyl (C=O) groups excluding carboxylic acids is 1. The Labute approximate surface area is 95.8 Å². The van der Waals surface area contributed by atoms with Gasteiger partial charge >= 0.3 is 11.8 Å². The number of piperidine rings is 1. The minimum atomic E-state index is -1.44. The second-order valence-electron chi connectivity index (χ2n) is 5.10. The Morgan fingerprint density at radius 1 is 1.56 bits per heavy atom. The first-order chi connectivity index (χ1) is 7.26. The molecule has 0 radical (unpaired) electrons. The highest BCUT2D eigenvalue weighted by Gasteiger charge is 2.41. The van der Waals surface area contributed by atoms with Gasteiger partial charge in [-0.15, -0.1) is 0 Å². The SMILES string of the molecule is [C-]#[N+]C1(O)CCCN(C(=O)OC(C)(C)C)C1. The maximum absolute atomic E-state index is 11.7. The molecule has 1 aliphatic heterocycles. The fraction of sp³-hybridized carbons (Fsp3) is 0.818. The normalized spacial score (nSPS) is 26.1. The summed E-state index contributed by atoms with van der Waals surface area (Å²) in [5, 5.41) is 9.79. The second-order valence-corrected chi connectivity index (χ2v) is 5.10. The van der Waals surface area contributed by atoms with Crippen molar-refractivity contribution in [1.82, 2.24) is 4.90 Å². The smallest absolute Gasteiger partial charge is 0.410 e. The molecule has 1 atom stereocenters. The van der Waals surface area contributed by atoms with E-state index in [9.17, 15) is 9.90 Å². The predicted molar refractivity (Wildman–Crippen MR) is 58.6 cm³/mol. The lowest BCUT2D eigenvalue weighted by atomic mass is 10.0. The van der Waals surface area contributed by atoms with Gasteiger partial charge in [0.05, 0.1) is 6.42 Å². The second kappa shape index (κ2) is 4.30. The van der Waals surface area contributed by atoms with Crippen LogP contribution in [0.25, 0.3) is 4.85 Å². The summed E-state index contributed by atoms with van der Waals surface area (Å²) in [5.41, 5.74) is -1.99. The molecule has 1 rings (SSSR count). The van der Waals surface area contributed by atoms with Gasteiger partial charge in [-0.1, -0.05) is 0 Å². The van der Waals surface area contributed by atoms with E-state index >= 15 is 0 Å². The molecular weight excluding hydrogens is 208 g/mol. The average molecular weight is 226 g/mol. The van der Waals surface area contributed by atoms with Gasteiger partial charge in [-0.25, -0.2) is 11.4 Å². The van der Waals surface area contributed by atoms with Crippen molar-refractivity contribution in [3.8, 4) is 0 Å². The van der Waals surface area contributed by atoms with Crippen LogP contribution in [0, 0.1) is 6.57 Å². The zero-order valence-corrected chi connectivity index (χ0v) is 9.99. The first kappa shape index (κ1) is 12.8. The van der Waals surface area contributed by atoms with Gasteiger partial charge in [-0.3, -0.25) is 9.74 Å². The molecule has 1 saturated heterocycles. The zero-order valence-electron chi connectivity index (χ0n) is 9.99. The molecule has 16 heavy (non-hydrogen) atoms. The fourth-order valence-corrected chi connectivity index (χ4v) is 1.59. The molecule has 5 heteroatoms. The van der Waals surface area contributed by atoms with Gasteiger partial charge in [0.1, 0.15) is 12.1 Å². The Bertz CT molecular complexity index is 316. The third-order valence-electron chi connectivity index (χ3n) is 2.31. The van der Waals surface area contributed by atoms with Crippen LogP contribution in [-0.4, -0.2) is 40.5 Å². The number of nitrogens with zero attached hydrogens (tertiary/aromatic N) is 2. The molecule has 0 aromatic carbocycles. The lowest BCUT2D eigenvalue weighted by Crippen LogP contribution is -2.49. The largest absolute Gasteiger partial charge is 0.444 e. The summed E-state index contributed by atoms with van der Waals surface area (Å²) in [6.45, 7) is 12.8. The molecule has 0 spiro atoms. The van der Waals surface area contributed by atoms with Crippen molar-refractivity contribution >= 4 is 6.09 Å². The highest BCUT2D eigenvalue weighted by molar-refractivity contribution is 5.68. The summed E-state index contributed by atoms with van der Waals surface area (Å²) in [5.74, 6) is 0. The van der Waals surface area contributed by atoms with Crippen LogP contribution in [0.4, 0.5) is 4.79 Å². The van der Waals surface area contributed by atoms with E-state index in [1.54, 1.807) is 20.8 Å². The van der Waals surface area contributed by atoms with E-state index in [0.717, 1.165) is 0 Å². The van der Waals surface area contributed by atoms with Crippen LogP contribution in [0.5, 0.6) is 0 Å². The van der Waals surface area contributed by atoms with Gasteiger partial charge in [-0.05, 0) is 27.2 Å². The van der Waals surface area contributed by atoms with E-state index < -0.39 is 17.4 Å². The molecule has 5 nitrogen and oxygen atoms in total. The predicted octanol–water partition coefficient (Wildman–Crippen LogP) is 1.63. The van der Waals surface area contributed by atoms with E-state index in [-0.39, 0.29) is 6.54 Å². The van der Waals surface area contributed by atoms with Crippen LogP contribution >= 0.6 is 0 Å². The highest BCUT2D eigenvalue weighted by atomic mass is 16.6. The van der Waals surface area contributed by atoms with Gasteiger partial charge in [0, 0.05) is 6.54 Å². The quantitative estimate of drug-likeness (QED) is 0.639.